The van der Waals surface area contributed by atoms with E-state index >= 15 is 0 Å². The molecule has 35 heavy (non-hydrogen) atoms. The van der Waals surface area contributed by atoms with E-state index in [-0.39, 0.29) is 11.8 Å². The van der Waals surface area contributed by atoms with Gasteiger partial charge in [-0.25, -0.2) is 9.67 Å². The molecule has 17 heteroatoms. The number of aliphatic hydroxyl groups excluding tert-OH is 1. The number of nitrogens with zero attached hydrogens (tertiary/aromatic N) is 3. The number of rotatable bonds is 9. The summed E-state index contributed by atoms with van der Waals surface area (Å²) in [6.45, 7) is -0.701. The van der Waals surface area contributed by atoms with Gasteiger partial charge in [-0.3, -0.25) is 9.13 Å². The minimum absolute atomic E-state index is 0.165. The molecule has 2 aromatic heterocycles. The fraction of sp³-hybridized carbons (Fsp3) is 0.667. The number of ether oxygens (including phenoxy) is 1. The molecule has 4 rings (SSSR count). The van der Waals surface area contributed by atoms with Crippen LogP contribution in [0.2, 0.25) is 10.7 Å². The third kappa shape index (κ3) is 6.51. The Hall–Kier alpha value is -0.923. The van der Waals surface area contributed by atoms with Gasteiger partial charge >= 0.3 is 15.2 Å². The fourth-order valence-electron chi connectivity index (χ4n) is 4.60. The molecular weight excluding hydrogens is 545 g/mol. The van der Waals surface area contributed by atoms with Crippen molar-refractivity contribution in [2.45, 2.75) is 49.6 Å². The summed E-state index contributed by atoms with van der Waals surface area (Å²) in [5.41, 5.74) is 0.157. The van der Waals surface area contributed by atoms with Gasteiger partial charge in [0.05, 0.1) is 42.1 Å². The molecule has 0 spiro atoms. The Labute approximate surface area is 207 Å². The monoisotopic (exact) mass is 572 g/mol. The van der Waals surface area contributed by atoms with Crippen LogP contribution in [0.25, 0.3) is 11.0 Å². The standard InChI is InChI=1S/C18H28ClFN4O8P2Si/c19-14-5-13(22-11-3-1-2-4-11)12-6-21-24(17(12)23-14)18-16(35-20)15(25)10(7-31-18)8-32-34(29,30)9-33(26,27)28/h5-6,10-11,15-16,18,25H,1-4,7-9,35H2,(H,22,23)(H,29,30)(H2,26,27,28)/t10-,15-,16?,18-/m1/s1. The van der Waals surface area contributed by atoms with E-state index in [4.69, 9.17) is 30.6 Å². The maximum atomic E-state index is 14.2. The molecule has 196 valence electrons. The highest BCUT2D eigenvalue weighted by molar-refractivity contribution is 7.70. The Bertz CT molecular complexity index is 1150. The van der Waals surface area contributed by atoms with Crippen LogP contribution in [0.4, 0.5) is 9.80 Å². The number of anilines is 1. The lowest BCUT2D eigenvalue weighted by molar-refractivity contribution is -0.126. The normalized spacial score (nSPS) is 28.2. The van der Waals surface area contributed by atoms with Crippen molar-refractivity contribution in [2.75, 3.05) is 24.4 Å². The molecule has 0 aromatic carbocycles. The fourth-order valence-corrected chi connectivity index (χ4v) is 8.46. The highest BCUT2D eigenvalue weighted by Crippen LogP contribution is 2.55. The van der Waals surface area contributed by atoms with Gasteiger partial charge in [0.25, 0.3) is 0 Å². The second-order valence-electron chi connectivity index (χ2n) is 8.98. The zero-order valence-corrected chi connectivity index (χ0v) is 22.6. The van der Waals surface area contributed by atoms with Crippen molar-refractivity contribution in [3.63, 3.8) is 0 Å². The van der Waals surface area contributed by atoms with E-state index in [1.807, 2.05) is 0 Å². The molecule has 5 atom stereocenters. The Morgan fingerprint density at radius 2 is 2.03 bits per heavy atom. The molecule has 5 N–H and O–H groups in total. The van der Waals surface area contributed by atoms with E-state index in [1.165, 1.54) is 4.68 Å². The van der Waals surface area contributed by atoms with Crippen LogP contribution in [-0.4, -0.2) is 75.7 Å². The maximum Gasteiger partial charge on any atom is 0.340 e. The Balaban J connectivity index is 1.52. The lowest BCUT2D eigenvalue weighted by atomic mass is 9.97. The largest absolute Gasteiger partial charge is 0.392 e. The van der Waals surface area contributed by atoms with Crippen molar-refractivity contribution in [1.29, 1.82) is 0 Å². The molecule has 0 amide bonds. The van der Waals surface area contributed by atoms with Crippen LogP contribution in [0.5, 0.6) is 0 Å². The quantitative estimate of drug-likeness (QED) is 0.129. The maximum absolute atomic E-state index is 14.2. The first-order valence-electron chi connectivity index (χ1n) is 11.1. The summed E-state index contributed by atoms with van der Waals surface area (Å²) in [4.78, 5) is 31.9. The minimum Gasteiger partial charge on any atom is -0.392 e. The number of aliphatic hydroxyl groups is 1. The van der Waals surface area contributed by atoms with Gasteiger partial charge in [-0.05, 0) is 18.9 Å². The first-order valence-corrected chi connectivity index (χ1v) is 16.4. The predicted octanol–water partition coefficient (Wildman–Crippen LogP) is 2.12. The van der Waals surface area contributed by atoms with Crippen LogP contribution < -0.4 is 5.32 Å². The molecule has 1 saturated heterocycles. The van der Waals surface area contributed by atoms with E-state index < -0.39 is 61.3 Å². The Morgan fingerprint density at radius 1 is 1.31 bits per heavy atom. The molecule has 0 bridgehead atoms. The topological polar surface area (TPSA) is 176 Å². The van der Waals surface area contributed by atoms with Gasteiger partial charge in [0, 0.05) is 12.0 Å². The number of fused-ring (bicyclic) bond motifs is 1. The molecule has 2 aliphatic rings. The first-order chi connectivity index (χ1) is 16.5. The van der Waals surface area contributed by atoms with E-state index in [9.17, 15) is 23.2 Å². The molecule has 12 nitrogen and oxygen atoms in total. The predicted molar refractivity (Wildman–Crippen MR) is 129 cm³/mol. The molecule has 3 heterocycles. The smallest absolute Gasteiger partial charge is 0.340 e. The van der Waals surface area contributed by atoms with Gasteiger partial charge in [-0.2, -0.15) is 5.10 Å². The van der Waals surface area contributed by atoms with Crippen LogP contribution in [0, 0.1) is 5.92 Å². The number of pyridine rings is 1. The molecule has 1 saturated carbocycles. The third-order valence-electron chi connectivity index (χ3n) is 6.29. The van der Waals surface area contributed by atoms with Crippen molar-refractivity contribution in [1.82, 2.24) is 14.8 Å². The summed E-state index contributed by atoms with van der Waals surface area (Å²) >= 11 is 6.26. The zero-order chi connectivity index (χ0) is 25.4. The van der Waals surface area contributed by atoms with Gasteiger partial charge < -0.3 is 38.5 Å². The molecule has 2 aromatic rings. The van der Waals surface area contributed by atoms with Gasteiger partial charge in [0.15, 0.2) is 17.8 Å². The lowest BCUT2D eigenvalue weighted by Gasteiger charge is -2.39. The van der Waals surface area contributed by atoms with Crippen LogP contribution in [0.1, 0.15) is 31.9 Å². The Kier molecular flexibility index (Phi) is 8.39. The summed E-state index contributed by atoms with van der Waals surface area (Å²) in [6.07, 6.45) is 3.69. The van der Waals surface area contributed by atoms with Gasteiger partial charge in [-0.1, -0.05) is 24.4 Å². The van der Waals surface area contributed by atoms with E-state index in [0.717, 1.165) is 31.4 Å². The summed E-state index contributed by atoms with van der Waals surface area (Å²) in [6, 6.07) is 2.03. The average Bonchev–Trinajstić information content (AvgIpc) is 3.41. The van der Waals surface area contributed by atoms with Crippen LogP contribution in [0.3, 0.4) is 0 Å². The SMILES string of the molecule is O=P(O)(O)CP(=O)(O)OC[C@H]1CO[C@@H](n2ncc3c(NC4CCCC4)cc(Cl)nc32)C([SiH2]F)[C@@H]1O. The first kappa shape index (κ1) is 27.1. The van der Waals surface area contributed by atoms with Crippen molar-refractivity contribution < 1.29 is 42.3 Å². The van der Waals surface area contributed by atoms with Gasteiger partial charge in [0.2, 0.25) is 9.85 Å². The molecule has 0 radical (unpaired) electrons. The molecule has 2 fully saturated rings. The van der Waals surface area contributed by atoms with Crippen LogP contribution in [0.15, 0.2) is 12.3 Å². The highest BCUT2D eigenvalue weighted by Gasteiger charge is 2.43. The molecule has 2 unspecified atom stereocenters. The van der Waals surface area contributed by atoms with E-state index in [2.05, 4.69) is 15.4 Å². The van der Waals surface area contributed by atoms with Gasteiger partial charge in [0.1, 0.15) is 5.15 Å². The number of aromatic nitrogens is 3. The highest BCUT2D eigenvalue weighted by atomic mass is 35.5. The van der Waals surface area contributed by atoms with Crippen molar-refractivity contribution in [3.8, 4) is 0 Å². The summed E-state index contributed by atoms with van der Waals surface area (Å²) in [5.74, 6) is -2.23. The number of hydrogen-bond donors (Lipinski definition) is 5. The Morgan fingerprint density at radius 3 is 2.69 bits per heavy atom. The summed E-state index contributed by atoms with van der Waals surface area (Å²) < 4.78 is 49.2. The lowest BCUT2D eigenvalue weighted by Crippen LogP contribution is -2.44. The summed E-state index contributed by atoms with van der Waals surface area (Å²) in [7, 11) is -11.8. The van der Waals surface area contributed by atoms with Crippen molar-refractivity contribution in [3.05, 3.63) is 17.4 Å². The van der Waals surface area contributed by atoms with Crippen LogP contribution >= 0.6 is 26.8 Å². The number of hydrogen-bond acceptors (Lipinski definition) is 8. The van der Waals surface area contributed by atoms with Crippen molar-refractivity contribution >= 4 is 53.4 Å². The van der Waals surface area contributed by atoms with Gasteiger partial charge in [-0.15, -0.1) is 0 Å². The van der Waals surface area contributed by atoms with Crippen LogP contribution in [-0.2, 0) is 18.4 Å². The third-order valence-corrected chi connectivity index (χ3v) is 11.2. The molecule has 1 aliphatic carbocycles. The molecule has 1 aliphatic heterocycles. The average molecular weight is 573 g/mol. The number of halogens is 2. The van der Waals surface area contributed by atoms with E-state index in [0.29, 0.717) is 17.1 Å². The zero-order valence-electron chi connectivity index (χ0n) is 18.6. The second-order valence-corrected chi connectivity index (χ2v) is 14.6. The van der Waals surface area contributed by atoms with Crippen molar-refractivity contribution in [2.24, 2.45) is 5.92 Å². The number of nitrogens with one attached hydrogen (secondary N) is 1. The van der Waals surface area contributed by atoms with E-state index in [1.54, 1.807) is 12.3 Å². The summed E-state index contributed by atoms with van der Waals surface area (Å²) in [5, 5.41) is 19.5. The molecular formula is C18H28ClFN4O8P2Si. The minimum atomic E-state index is -4.79. The second kappa shape index (κ2) is 10.8.